The Labute approximate surface area is 162 Å². The number of morpholine rings is 1. The molecule has 0 bridgehead atoms. The van der Waals surface area contributed by atoms with Gasteiger partial charge in [0.25, 0.3) is 0 Å². The first kappa shape index (κ1) is 20.1. The lowest BCUT2D eigenvalue weighted by Crippen LogP contribution is -2.52. The van der Waals surface area contributed by atoms with Crippen LogP contribution in [-0.4, -0.2) is 55.8 Å². The summed E-state index contributed by atoms with van der Waals surface area (Å²) in [6.07, 6.45) is 3.99. The Morgan fingerprint density at radius 2 is 2.19 bits per heavy atom. The fraction of sp³-hybridized carbons (Fsp3) is 0.667. The number of amides is 1. The highest BCUT2D eigenvalue weighted by Gasteiger charge is 2.37. The third-order valence-corrected chi connectivity index (χ3v) is 5.72. The number of carbonyl (C=O) groups is 1. The zero-order valence-corrected chi connectivity index (χ0v) is 16.4. The van der Waals surface area contributed by atoms with Crippen molar-refractivity contribution < 1.29 is 14.3 Å². The molecule has 1 aromatic carbocycles. The summed E-state index contributed by atoms with van der Waals surface area (Å²) in [7, 11) is 0. The number of nitrogens with two attached hydrogens (primary N) is 1. The van der Waals surface area contributed by atoms with Crippen molar-refractivity contribution in [2.45, 2.75) is 44.7 Å². The SMILES string of the molecule is CC1(N)CCCCC1C(=O)NCc1cccc(OCCN2CCOCC2)c1. The lowest BCUT2D eigenvalue weighted by atomic mass is 9.74. The van der Waals surface area contributed by atoms with Gasteiger partial charge in [0.15, 0.2) is 0 Å². The van der Waals surface area contributed by atoms with Crippen molar-refractivity contribution in [3.05, 3.63) is 29.8 Å². The summed E-state index contributed by atoms with van der Waals surface area (Å²) in [4.78, 5) is 14.9. The summed E-state index contributed by atoms with van der Waals surface area (Å²) >= 11 is 0. The molecule has 1 aliphatic carbocycles. The number of ether oxygens (including phenoxy) is 2. The van der Waals surface area contributed by atoms with Crippen molar-refractivity contribution in [2.24, 2.45) is 11.7 Å². The molecule has 1 amide bonds. The monoisotopic (exact) mass is 375 g/mol. The van der Waals surface area contributed by atoms with Crippen LogP contribution in [-0.2, 0) is 16.1 Å². The van der Waals surface area contributed by atoms with E-state index in [0.29, 0.717) is 13.2 Å². The predicted molar refractivity (Wildman–Crippen MR) is 106 cm³/mol. The lowest BCUT2D eigenvalue weighted by molar-refractivity contribution is -0.128. The Balaban J connectivity index is 1.45. The summed E-state index contributed by atoms with van der Waals surface area (Å²) in [6, 6.07) is 7.95. The first-order valence-electron chi connectivity index (χ1n) is 10.1. The summed E-state index contributed by atoms with van der Waals surface area (Å²) in [6.45, 7) is 7.61. The lowest BCUT2D eigenvalue weighted by Gasteiger charge is -2.37. The normalized spacial score (nSPS) is 26.5. The van der Waals surface area contributed by atoms with Crippen LogP contribution in [0.25, 0.3) is 0 Å². The first-order valence-corrected chi connectivity index (χ1v) is 10.1. The minimum atomic E-state index is -0.396. The van der Waals surface area contributed by atoms with Gasteiger partial charge < -0.3 is 20.5 Å². The fourth-order valence-corrected chi connectivity index (χ4v) is 3.96. The van der Waals surface area contributed by atoms with Gasteiger partial charge in [0, 0.05) is 31.7 Å². The van der Waals surface area contributed by atoms with E-state index in [1.54, 1.807) is 0 Å². The van der Waals surface area contributed by atoms with E-state index in [4.69, 9.17) is 15.2 Å². The molecule has 6 nitrogen and oxygen atoms in total. The van der Waals surface area contributed by atoms with E-state index in [-0.39, 0.29) is 11.8 Å². The number of rotatable bonds is 7. The van der Waals surface area contributed by atoms with Gasteiger partial charge in [-0.2, -0.15) is 0 Å². The van der Waals surface area contributed by atoms with E-state index in [2.05, 4.69) is 10.2 Å². The molecule has 1 saturated heterocycles. The number of carbonyl (C=O) groups excluding carboxylic acids is 1. The number of benzene rings is 1. The molecule has 6 heteroatoms. The number of hydrogen-bond donors (Lipinski definition) is 2. The molecule has 2 aliphatic rings. The summed E-state index contributed by atoms with van der Waals surface area (Å²) in [5.41, 5.74) is 6.99. The van der Waals surface area contributed by atoms with Crippen LogP contribution in [0.4, 0.5) is 0 Å². The van der Waals surface area contributed by atoms with Crippen LogP contribution < -0.4 is 15.8 Å². The van der Waals surface area contributed by atoms with Gasteiger partial charge in [0.1, 0.15) is 12.4 Å². The number of nitrogens with one attached hydrogen (secondary N) is 1. The van der Waals surface area contributed by atoms with Crippen LogP contribution in [0.15, 0.2) is 24.3 Å². The van der Waals surface area contributed by atoms with E-state index < -0.39 is 5.54 Å². The summed E-state index contributed by atoms with van der Waals surface area (Å²) in [5, 5.41) is 3.06. The zero-order valence-electron chi connectivity index (χ0n) is 16.4. The molecule has 1 aliphatic heterocycles. The highest BCUT2D eigenvalue weighted by molar-refractivity contribution is 5.80. The van der Waals surface area contributed by atoms with Crippen molar-refractivity contribution in [2.75, 3.05) is 39.5 Å². The molecule has 0 radical (unpaired) electrons. The topological polar surface area (TPSA) is 76.8 Å². The van der Waals surface area contributed by atoms with Gasteiger partial charge in [-0.15, -0.1) is 0 Å². The van der Waals surface area contributed by atoms with Crippen molar-refractivity contribution >= 4 is 5.91 Å². The third-order valence-electron chi connectivity index (χ3n) is 5.72. The predicted octanol–water partition coefficient (Wildman–Crippen LogP) is 1.92. The molecule has 3 rings (SSSR count). The average Bonchev–Trinajstić information content (AvgIpc) is 2.67. The van der Waals surface area contributed by atoms with Gasteiger partial charge in [0.05, 0.1) is 19.1 Å². The van der Waals surface area contributed by atoms with Crippen molar-refractivity contribution in [1.29, 1.82) is 0 Å². The van der Waals surface area contributed by atoms with Crippen molar-refractivity contribution in [1.82, 2.24) is 10.2 Å². The maximum absolute atomic E-state index is 12.6. The first-order chi connectivity index (χ1) is 13.0. The van der Waals surface area contributed by atoms with Crippen molar-refractivity contribution in [3.8, 4) is 5.75 Å². The van der Waals surface area contributed by atoms with Gasteiger partial charge in [0.2, 0.25) is 5.91 Å². The Morgan fingerprint density at radius 3 is 2.96 bits per heavy atom. The minimum absolute atomic E-state index is 0.0679. The standard InChI is InChI=1S/C21H33N3O3/c1-21(22)8-3-2-7-19(21)20(25)23-16-17-5-4-6-18(15-17)27-14-11-24-9-12-26-13-10-24/h4-6,15,19H,2-3,7-14,16,22H2,1H3,(H,23,25). The number of hydrogen-bond acceptors (Lipinski definition) is 5. The zero-order chi connectivity index (χ0) is 19.1. The highest BCUT2D eigenvalue weighted by atomic mass is 16.5. The Kier molecular flexibility index (Phi) is 7.10. The van der Waals surface area contributed by atoms with Crippen LogP contribution in [0.3, 0.4) is 0 Å². The molecule has 27 heavy (non-hydrogen) atoms. The van der Waals surface area contributed by atoms with E-state index >= 15 is 0 Å². The molecule has 150 valence electrons. The Morgan fingerprint density at radius 1 is 1.37 bits per heavy atom. The molecule has 2 atom stereocenters. The summed E-state index contributed by atoms with van der Waals surface area (Å²) < 4.78 is 11.2. The van der Waals surface area contributed by atoms with E-state index in [0.717, 1.165) is 69.8 Å². The second-order valence-corrected chi connectivity index (χ2v) is 7.97. The molecule has 0 spiro atoms. The van der Waals surface area contributed by atoms with Crippen molar-refractivity contribution in [3.63, 3.8) is 0 Å². The molecule has 1 heterocycles. The van der Waals surface area contributed by atoms with E-state index in [9.17, 15) is 4.79 Å². The largest absolute Gasteiger partial charge is 0.492 e. The molecule has 3 N–H and O–H groups in total. The van der Waals surface area contributed by atoms with Crippen LogP contribution in [0.1, 0.15) is 38.2 Å². The van der Waals surface area contributed by atoms with Gasteiger partial charge in [-0.05, 0) is 37.5 Å². The van der Waals surface area contributed by atoms with E-state index in [1.807, 2.05) is 31.2 Å². The van der Waals surface area contributed by atoms with Gasteiger partial charge in [-0.25, -0.2) is 0 Å². The van der Waals surface area contributed by atoms with Crippen LogP contribution >= 0.6 is 0 Å². The quantitative estimate of drug-likeness (QED) is 0.761. The smallest absolute Gasteiger partial charge is 0.225 e. The molecular weight excluding hydrogens is 342 g/mol. The Bertz CT molecular complexity index is 614. The molecular formula is C21H33N3O3. The highest BCUT2D eigenvalue weighted by Crippen LogP contribution is 2.31. The molecule has 0 aromatic heterocycles. The molecule has 2 unspecified atom stereocenters. The summed E-state index contributed by atoms with van der Waals surface area (Å²) in [5.74, 6) is 0.814. The second-order valence-electron chi connectivity index (χ2n) is 7.97. The van der Waals surface area contributed by atoms with Gasteiger partial charge >= 0.3 is 0 Å². The number of nitrogens with zero attached hydrogens (tertiary/aromatic N) is 1. The fourth-order valence-electron chi connectivity index (χ4n) is 3.96. The van der Waals surface area contributed by atoms with E-state index in [1.165, 1.54) is 0 Å². The average molecular weight is 376 g/mol. The minimum Gasteiger partial charge on any atom is -0.492 e. The third kappa shape index (κ3) is 5.92. The van der Waals surface area contributed by atoms with Crippen LogP contribution in [0, 0.1) is 5.92 Å². The molecule has 1 saturated carbocycles. The maximum atomic E-state index is 12.6. The van der Waals surface area contributed by atoms with Gasteiger partial charge in [-0.1, -0.05) is 25.0 Å². The maximum Gasteiger partial charge on any atom is 0.225 e. The Hall–Kier alpha value is -1.63. The van der Waals surface area contributed by atoms with Crippen LogP contribution in [0.5, 0.6) is 5.75 Å². The van der Waals surface area contributed by atoms with Gasteiger partial charge in [-0.3, -0.25) is 9.69 Å². The molecule has 1 aromatic rings. The second kappa shape index (κ2) is 9.53. The molecule has 2 fully saturated rings. The van der Waals surface area contributed by atoms with Crippen LogP contribution in [0.2, 0.25) is 0 Å².